The molecule has 0 spiro atoms. The van der Waals surface area contributed by atoms with Gasteiger partial charge in [0.1, 0.15) is 0 Å². The zero-order valence-corrected chi connectivity index (χ0v) is 11.5. The third-order valence-corrected chi connectivity index (χ3v) is 4.56. The standard InChI is InChI=1S/C15H23NO3/c1-3-4-5-6-7-16(2)14(17)12-9-10-8-11(10)13(12)15(18)19/h3,10-13H,1,4-9H2,2H3,(H,18,19). The maximum atomic E-state index is 12.3. The number of carboxylic acids is 1. The fourth-order valence-corrected chi connectivity index (χ4v) is 3.39. The number of carboxylic acid groups (broad SMARTS) is 1. The summed E-state index contributed by atoms with van der Waals surface area (Å²) in [6.07, 6.45) is 6.60. The monoisotopic (exact) mass is 265 g/mol. The molecule has 4 heteroatoms. The van der Waals surface area contributed by atoms with Crippen molar-refractivity contribution in [3.63, 3.8) is 0 Å². The van der Waals surface area contributed by atoms with Crippen molar-refractivity contribution in [3.05, 3.63) is 12.7 Å². The molecule has 4 unspecified atom stereocenters. The van der Waals surface area contributed by atoms with Crippen LogP contribution in [0.1, 0.15) is 32.1 Å². The van der Waals surface area contributed by atoms with Crippen molar-refractivity contribution in [1.29, 1.82) is 0 Å². The van der Waals surface area contributed by atoms with Gasteiger partial charge in [0.15, 0.2) is 0 Å². The Labute approximate surface area is 114 Å². The summed E-state index contributed by atoms with van der Waals surface area (Å²) in [7, 11) is 1.79. The van der Waals surface area contributed by atoms with Crippen molar-refractivity contribution in [2.24, 2.45) is 23.7 Å². The van der Waals surface area contributed by atoms with Gasteiger partial charge in [0, 0.05) is 13.6 Å². The predicted octanol–water partition coefficient (Wildman–Crippen LogP) is 2.16. The van der Waals surface area contributed by atoms with Gasteiger partial charge in [-0.15, -0.1) is 6.58 Å². The first kappa shape index (κ1) is 14.1. The number of fused-ring (bicyclic) bond motifs is 1. The van der Waals surface area contributed by atoms with Crippen LogP contribution in [0.3, 0.4) is 0 Å². The molecule has 2 aliphatic carbocycles. The number of carbonyl (C=O) groups is 2. The van der Waals surface area contributed by atoms with Crippen molar-refractivity contribution in [2.45, 2.75) is 32.1 Å². The van der Waals surface area contributed by atoms with E-state index in [-0.39, 0.29) is 17.7 Å². The normalized spacial score (nSPS) is 31.6. The van der Waals surface area contributed by atoms with E-state index in [0.717, 1.165) is 32.1 Å². The van der Waals surface area contributed by atoms with Crippen molar-refractivity contribution < 1.29 is 14.7 Å². The highest BCUT2D eigenvalue weighted by molar-refractivity contribution is 5.86. The van der Waals surface area contributed by atoms with Gasteiger partial charge >= 0.3 is 5.97 Å². The van der Waals surface area contributed by atoms with Gasteiger partial charge in [-0.3, -0.25) is 9.59 Å². The van der Waals surface area contributed by atoms with Crippen LogP contribution in [-0.2, 0) is 9.59 Å². The van der Waals surface area contributed by atoms with Crippen molar-refractivity contribution in [2.75, 3.05) is 13.6 Å². The van der Waals surface area contributed by atoms with E-state index in [4.69, 9.17) is 0 Å². The number of hydrogen-bond donors (Lipinski definition) is 1. The highest BCUT2D eigenvalue weighted by Crippen LogP contribution is 2.58. The molecular weight excluding hydrogens is 242 g/mol. The molecule has 0 aromatic rings. The van der Waals surface area contributed by atoms with Crippen molar-refractivity contribution in [1.82, 2.24) is 4.90 Å². The lowest BCUT2D eigenvalue weighted by Gasteiger charge is -2.25. The SMILES string of the molecule is C=CCCCCN(C)C(=O)C1CC2CC2C1C(=O)O. The van der Waals surface area contributed by atoms with Gasteiger partial charge in [0.05, 0.1) is 11.8 Å². The Kier molecular flexibility index (Phi) is 4.27. The summed E-state index contributed by atoms with van der Waals surface area (Å²) in [5.41, 5.74) is 0. The van der Waals surface area contributed by atoms with E-state index in [9.17, 15) is 14.7 Å². The number of allylic oxidation sites excluding steroid dienone is 1. The first-order valence-electron chi connectivity index (χ1n) is 7.15. The molecule has 0 radical (unpaired) electrons. The van der Waals surface area contributed by atoms with Gasteiger partial charge in [-0.05, 0) is 43.9 Å². The lowest BCUT2D eigenvalue weighted by molar-refractivity contribution is -0.149. The topological polar surface area (TPSA) is 57.6 Å². The zero-order chi connectivity index (χ0) is 14.0. The van der Waals surface area contributed by atoms with Crippen LogP contribution in [0, 0.1) is 23.7 Å². The van der Waals surface area contributed by atoms with Crippen LogP contribution in [0.2, 0.25) is 0 Å². The van der Waals surface area contributed by atoms with E-state index in [1.807, 2.05) is 6.08 Å². The highest BCUT2D eigenvalue weighted by atomic mass is 16.4. The summed E-state index contributed by atoms with van der Waals surface area (Å²) >= 11 is 0. The minimum Gasteiger partial charge on any atom is -0.481 e. The summed E-state index contributed by atoms with van der Waals surface area (Å²) in [6.45, 7) is 4.39. The molecule has 106 valence electrons. The molecular formula is C15H23NO3. The molecule has 0 aliphatic heterocycles. The molecule has 0 aromatic heterocycles. The quantitative estimate of drug-likeness (QED) is 0.567. The Morgan fingerprint density at radius 3 is 2.74 bits per heavy atom. The van der Waals surface area contributed by atoms with Gasteiger partial charge in [-0.2, -0.15) is 0 Å². The Bertz CT molecular complexity index is 380. The van der Waals surface area contributed by atoms with Crippen LogP contribution in [0.15, 0.2) is 12.7 Å². The molecule has 1 N–H and O–H groups in total. The average Bonchev–Trinajstić information content (AvgIpc) is 3.03. The van der Waals surface area contributed by atoms with E-state index in [1.54, 1.807) is 11.9 Å². The first-order valence-corrected chi connectivity index (χ1v) is 7.15. The number of nitrogens with zero attached hydrogens (tertiary/aromatic N) is 1. The number of aliphatic carboxylic acids is 1. The molecule has 0 bridgehead atoms. The van der Waals surface area contributed by atoms with Gasteiger partial charge < -0.3 is 10.0 Å². The zero-order valence-electron chi connectivity index (χ0n) is 11.5. The molecule has 4 atom stereocenters. The average molecular weight is 265 g/mol. The smallest absolute Gasteiger partial charge is 0.307 e. The van der Waals surface area contributed by atoms with Gasteiger partial charge in [-0.25, -0.2) is 0 Å². The van der Waals surface area contributed by atoms with Crippen LogP contribution >= 0.6 is 0 Å². The Morgan fingerprint density at radius 1 is 1.37 bits per heavy atom. The minimum absolute atomic E-state index is 0.0261. The van der Waals surface area contributed by atoms with Crippen LogP contribution in [0.5, 0.6) is 0 Å². The minimum atomic E-state index is -0.789. The molecule has 1 amide bonds. The molecule has 2 fully saturated rings. The van der Waals surface area contributed by atoms with Crippen molar-refractivity contribution in [3.8, 4) is 0 Å². The molecule has 2 rings (SSSR count). The fraction of sp³-hybridized carbons (Fsp3) is 0.733. The van der Waals surface area contributed by atoms with E-state index >= 15 is 0 Å². The van der Waals surface area contributed by atoms with E-state index in [0.29, 0.717) is 12.5 Å². The lowest BCUT2D eigenvalue weighted by atomic mass is 9.90. The Hall–Kier alpha value is -1.32. The van der Waals surface area contributed by atoms with Crippen LogP contribution < -0.4 is 0 Å². The van der Waals surface area contributed by atoms with Crippen LogP contribution in [-0.4, -0.2) is 35.5 Å². The molecule has 0 heterocycles. The van der Waals surface area contributed by atoms with E-state index < -0.39 is 11.9 Å². The van der Waals surface area contributed by atoms with Crippen molar-refractivity contribution >= 4 is 11.9 Å². The third kappa shape index (κ3) is 2.99. The third-order valence-electron chi connectivity index (χ3n) is 4.56. The summed E-state index contributed by atoms with van der Waals surface area (Å²) in [6, 6.07) is 0. The second kappa shape index (κ2) is 5.76. The van der Waals surface area contributed by atoms with Gasteiger partial charge in [0.25, 0.3) is 0 Å². The summed E-state index contributed by atoms with van der Waals surface area (Å²) < 4.78 is 0. The molecule has 4 nitrogen and oxygen atoms in total. The predicted molar refractivity (Wildman–Crippen MR) is 72.5 cm³/mol. The largest absolute Gasteiger partial charge is 0.481 e. The maximum Gasteiger partial charge on any atom is 0.307 e. The molecule has 2 saturated carbocycles. The number of rotatable bonds is 7. The Balaban J connectivity index is 1.85. The van der Waals surface area contributed by atoms with Crippen LogP contribution in [0.25, 0.3) is 0 Å². The Morgan fingerprint density at radius 2 is 2.11 bits per heavy atom. The summed E-state index contributed by atoms with van der Waals surface area (Å²) in [4.78, 5) is 25.3. The lowest BCUT2D eigenvalue weighted by Crippen LogP contribution is -2.38. The highest BCUT2D eigenvalue weighted by Gasteiger charge is 2.58. The summed E-state index contributed by atoms with van der Waals surface area (Å²) in [5, 5.41) is 9.28. The molecule has 2 aliphatic rings. The number of carbonyl (C=O) groups excluding carboxylic acids is 1. The number of amides is 1. The van der Waals surface area contributed by atoms with E-state index in [2.05, 4.69) is 6.58 Å². The maximum absolute atomic E-state index is 12.3. The fourth-order valence-electron chi connectivity index (χ4n) is 3.39. The molecule has 0 aromatic carbocycles. The first-order chi connectivity index (χ1) is 9.06. The van der Waals surface area contributed by atoms with Gasteiger partial charge in [0.2, 0.25) is 5.91 Å². The van der Waals surface area contributed by atoms with Crippen LogP contribution in [0.4, 0.5) is 0 Å². The summed E-state index contributed by atoms with van der Waals surface area (Å²) in [5.74, 6) is -0.731. The molecule has 19 heavy (non-hydrogen) atoms. The molecule has 0 saturated heterocycles. The second-order valence-electron chi connectivity index (χ2n) is 5.91. The number of hydrogen-bond acceptors (Lipinski definition) is 2. The second-order valence-corrected chi connectivity index (χ2v) is 5.91. The van der Waals surface area contributed by atoms with Gasteiger partial charge in [-0.1, -0.05) is 6.08 Å². The van der Waals surface area contributed by atoms with E-state index in [1.165, 1.54) is 0 Å². The number of unbranched alkanes of at least 4 members (excludes halogenated alkanes) is 2.